The Balaban J connectivity index is 2.11. The van der Waals surface area contributed by atoms with Crippen molar-refractivity contribution in [1.82, 2.24) is 4.90 Å². The third-order valence-electron chi connectivity index (χ3n) is 4.53. The van der Waals surface area contributed by atoms with Crippen LogP contribution in [0.1, 0.15) is 52.4 Å². The van der Waals surface area contributed by atoms with Gasteiger partial charge in [0, 0.05) is 19.7 Å². The molecule has 3 heteroatoms. The summed E-state index contributed by atoms with van der Waals surface area (Å²) in [7, 11) is 1.63. The first-order valence-corrected chi connectivity index (χ1v) is 6.92. The summed E-state index contributed by atoms with van der Waals surface area (Å²) in [4.78, 5) is 14.6. The summed E-state index contributed by atoms with van der Waals surface area (Å²) in [6, 6.07) is 0.486. The molecule has 2 atom stereocenters. The molecule has 0 spiro atoms. The second-order valence-corrected chi connectivity index (χ2v) is 5.97. The molecule has 1 amide bonds. The second kappa shape index (κ2) is 4.97. The molecule has 1 aliphatic heterocycles. The van der Waals surface area contributed by atoms with Crippen LogP contribution in [0.3, 0.4) is 0 Å². The highest BCUT2D eigenvalue weighted by Gasteiger charge is 2.40. The van der Waals surface area contributed by atoms with Gasteiger partial charge in [0.1, 0.15) is 5.60 Å². The number of carbonyl (C=O) groups is 1. The molecule has 17 heavy (non-hydrogen) atoms. The van der Waals surface area contributed by atoms with Gasteiger partial charge in [0.25, 0.3) is 5.91 Å². The molecule has 1 saturated heterocycles. The molecule has 3 nitrogen and oxygen atoms in total. The van der Waals surface area contributed by atoms with Gasteiger partial charge in [0.2, 0.25) is 0 Å². The smallest absolute Gasteiger partial charge is 0.254 e. The van der Waals surface area contributed by atoms with Crippen molar-refractivity contribution < 1.29 is 9.53 Å². The molecule has 0 aromatic rings. The Morgan fingerprint density at radius 3 is 2.53 bits per heavy atom. The normalized spacial score (nSPS) is 29.9. The number of piperidine rings is 1. The van der Waals surface area contributed by atoms with Gasteiger partial charge in [-0.05, 0) is 45.4 Å². The van der Waals surface area contributed by atoms with Gasteiger partial charge in [-0.1, -0.05) is 12.8 Å². The lowest BCUT2D eigenvalue weighted by Crippen LogP contribution is -2.55. The fourth-order valence-electron chi connectivity index (χ4n) is 3.31. The van der Waals surface area contributed by atoms with E-state index >= 15 is 0 Å². The van der Waals surface area contributed by atoms with Crippen LogP contribution in [0.2, 0.25) is 0 Å². The third-order valence-corrected chi connectivity index (χ3v) is 4.53. The minimum absolute atomic E-state index is 0.177. The number of amides is 1. The average Bonchev–Trinajstić information content (AvgIpc) is 2.37. The largest absolute Gasteiger partial charge is 0.369 e. The standard InChI is InChI=1S/C14H25NO2/c1-14(2,17-3)13(16)15-10-6-8-11-7-4-5-9-12(11)15/h11-12H,4-10H2,1-3H3/t11-,12-/m1/s1. The molecule has 0 bridgehead atoms. The van der Waals surface area contributed by atoms with Crippen LogP contribution in [-0.2, 0) is 9.53 Å². The van der Waals surface area contributed by atoms with E-state index in [1.807, 2.05) is 13.8 Å². The topological polar surface area (TPSA) is 29.5 Å². The van der Waals surface area contributed by atoms with Crippen molar-refractivity contribution in [3.63, 3.8) is 0 Å². The molecule has 0 N–H and O–H groups in total. The summed E-state index contributed by atoms with van der Waals surface area (Å²) in [5, 5.41) is 0. The Bertz CT molecular complexity index is 286. The van der Waals surface area contributed by atoms with Crippen LogP contribution in [0.4, 0.5) is 0 Å². The van der Waals surface area contributed by atoms with E-state index in [0.717, 1.165) is 18.9 Å². The summed E-state index contributed by atoms with van der Waals surface area (Å²) >= 11 is 0. The molecular weight excluding hydrogens is 214 g/mol. The summed E-state index contributed by atoms with van der Waals surface area (Å²) in [5.74, 6) is 0.922. The van der Waals surface area contributed by atoms with Crippen LogP contribution in [0.5, 0.6) is 0 Å². The third kappa shape index (κ3) is 2.49. The molecule has 2 aliphatic rings. The van der Waals surface area contributed by atoms with Crippen LogP contribution < -0.4 is 0 Å². The Hall–Kier alpha value is -0.570. The molecular formula is C14H25NO2. The molecule has 2 fully saturated rings. The number of nitrogens with zero attached hydrogens (tertiary/aromatic N) is 1. The Morgan fingerprint density at radius 1 is 1.18 bits per heavy atom. The SMILES string of the molecule is COC(C)(C)C(=O)N1CCC[C@H]2CCCC[C@H]21. The van der Waals surface area contributed by atoms with E-state index in [-0.39, 0.29) is 5.91 Å². The van der Waals surface area contributed by atoms with E-state index in [1.54, 1.807) is 7.11 Å². The molecule has 0 radical (unpaired) electrons. The first kappa shape index (κ1) is 12.9. The molecule has 98 valence electrons. The quantitative estimate of drug-likeness (QED) is 0.741. The van der Waals surface area contributed by atoms with E-state index in [0.29, 0.717) is 6.04 Å². The number of ether oxygens (including phenoxy) is 1. The minimum Gasteiger partial charge on any atom is -0.369 e. The van der Waals surface area contributed by atoms with E-state index in [1.165, 1.54) is 32.1 Å². The Morgan fingerprint density at radius 2 is 1.82 bits per heavy atom. The number of likely N-dealkylation sites (tertiary alicyclic amines) is 1. The molecule has 1 heterocycles. The van der Waals surface area contributed by atoms with Crippen LogP contribution in [-0.4, -0.2) is 36.1 Å². The Labute approximate surface area is 105 Å². The van der Waals surface area contributed by atoms with Gasteiger partial charge in [0.15, 0.2) is 0 Å². The molecule has 2 rings (SSSR count). The van der Waals surface area contributed by atoms with Crippen molar-refractivity contribution >= 4 is 5.91 Å². The van der Waals surface area contributed by atoms with Gasteiger partial charge in [-0.15, -0.1) is 0 Å². The fraction of sp³-hybridized carbons (Fsp3) is 0.929. The predicted molar refractivity (Wildman–Crippen MR) is 67.8 cm³/mol. The van der Waals surface area contributed by atoms with Gasteiger partial charge in [0.05, 0.1) is 0 Å². The van der Waals surface area contributed by atoms with Crippen LogP contribution in [0.15, 0.2) is 0 Å². The summed E-state index contributed by atoms with van der Waals surface area (Å²) in [6.45, 7) is 4.68. The van der Waals surface area contributed by atoms with Gasteiger partial charge in [-0.25, -0.2) is 0 Å². The molecule has 1 saturated carbocycles. The minimum atomic E-state index is -0.667. The van der Waals surface area contributed by atoms with Crippen LogP contribution in [0, 0.1) is 5.92 Å². The second-order valence-electron chi connectivity index (χ2n) is 5.97. The van der Waals surface area contributed by atoms with E-state index in [9.17, 15) is 4.79 Å². The number of rotatable bonds is 2. The highest BCUT2D eigenvalue weighted by atomic mass is 16.5. The van der Waals surface area contributed by atoms with Crippen molar-refractivity contribution in [1.29, 1.82) is 0 Å². The fourth-order valence-corrected chi connectivity index (χ4v) is 3.31. The average molecular weight is 239 g/mol. The lowest BCUT2D eigenvalue weighted by Gasteiger charge is -2.46. The van der Waals surface area contributed by atoms with Gasteiger partial charge in [-0.3, -0.25) is 4.79 Å². The van der Waals surface area contributed by atoms with Gasteiger partial charge < -0.3 is 9.64 Å². The lowest BCUT2D eigenvalue weighted by molar-refractivity contribution is -0.157. The molecule has 0 aromatic carbocycles. The Kier molecular flexibility index (Phi) is 3.76. The van der Waals surface area contributed by atoms with Crippen LogP contribution >= 0.6 is 0 Å². The lowest BCUT2D eigenvalue weighted by atomic mass is 9.78. The maximum Gasteiger partial charge on any atom is 0.254 e. The number of carbonyl (C=O) groups excluding carboxylic acids is 1. The number of hydrogen-bond acceptors (Lipinski definition) is 2. The van der Waals surface area contributed by atoms with E-state index in [2.05, 4.69) is 4.90 Å². The number of hydrogen-bond donors (Lipinski definition) is 0. The first-order valence-electron chi connectivity index (χ1n) is 6.92. The predicted octanol–water partition coefficient (Wildman–Crippen LogP) is 2.59. The zero-order chi connectivity index (χ0) is 12.5. The van der Waals surface area contributed by atoms with Crippen molar-refractivity contribution in [2.24, 2.45) is 5.92 Å². The van der Waals surface area contributed by atoms with Gasteiger partial charge in [-0.2, -0.15) is 0 Å². The maximum absolute atomic E-state index is 12.5. The molecule has 1 aliphatic carbocycles. The highest BCUT2D eigenvalue weighted by Crippen LogP contribution is 2.36. The summed E-state index contributed by atoms with van der Waals surface area (Å²) < 4.78 is 5.34. The molecule has 0 aromatic heterocycles. The van der Waals surface area contributed by atoms with Crippen molar-refractivity contribution in [3.8, 4) is 0 Å². The van der Waals surface area contributed by atoms with E-state index in [4.69, 9.17) is 4.74 Å². The zero-order valence-corrected chi connectivity index (χ0v) is 11.4. The van der Waals surface area contributed by atoms with Crippen molar-refractivity contribution in [2.45, 2.75) is 64.0 Å². The van der Waals surface area contributed by atoms with E-state index < -0.39 is 5.60 Å². The summed E-state index contributed by atoms with van der Waals surface area (Å²) in [6.07, 6.45) is 7.59. The maximum atomic E-state index is 12.5. The monoisotopic (exact) mass is 239 g/mol. The number of methoxy groups -OCH3 is 1. The van der Waals surface area contributed by atoms with Crippen molar-refractivity contribution in [2.75, 3.05) is 13.7 Å². The van der Waals surface area contributed by atoms with Gasteiger partial charge >= 0.3 is 0 Å². The van der Waals surface area contributed by atoms with Crippen molar-refractivity contribution in [3.05, 3.63) is 0 Å². The first-order chi connectivity index (χ1) is 8.06. The highest BCUT2D eigenvalue weighted by molar-refractivity contribution is 5.84. The summed E-state index contributed by atoms with van der Waals surface area (Å²) in [5.41, 5.74) is -0.667. The zero-order valence-electron chi connectivity index (χ0n) is 11.4. The number of fused-ring (bicyclic) bond motifs is 1. The molecule has 0 unspecified atom stereocenters. The van der Waals surface area contributed by atoms with Crippen LogP contribution in [0.25, 0.3) is 0 Å².